The second kappa shape index (κ2) is 9.26. The van der Waals surface area contributed by atoms with Gasteiger partial charge in [-0.2, -0.15) is 0 Å². The van der Waals surface area contributed by atoms with Crippen LogP contribution in [0.5, 0.6) is 5.75 Å². The van der Waals surface area contributed by atoms with Crippen LogP contribution in [-0.4, -0.2) is 36.0 Å². The Bertz CT molecular complexity index is 1040. The van der Waals surface area contributed by atoms with Crippen LogP contribution in [0.4, 0.5) is 4.39 Å². The van der Waals surface area contributed by atoms with Crippen molar-refractivity contribution in [2.75, 3.05) is 20.7 Å². The lowest BCUT2D eigenvalue weighted by Gasteiger charge is -2.18. The van der Waals surface area contributed by atoms with Gasteiger partial charge in [-0.15, -0.1) is 0 Å². The number of aromatic nitrogens is 1. The quantitative estimate of drug-likeness (QED) is 0.496. The van der Waals surface area contributed by atoms with Crippen molar-refractivity contribution in [1.29, 1.82) is 0 Å². The summed E-state index contributed by atoms with van der Waals surface area (Å²) in [4.78, 5) is 15.0. The molecule has 0 radical (unpaired) electrons. The molecule has 5 heteroatoms. The zero-order chi connectivity index (χ0) is 21.8. The molecule has 0 aliphatic heterocycles. The average Bonchev–Trinajstić information content (AvgIpc) is 2.98. The van der Waals surface area contributed by atoms with Gasteiger partial charge < -0.3 is 9.30 Å². The predicted octanol–water partition coefficient (Wildman–Crippen LogP) is 4.92. The number of carbonyl (C=O) groups is 1. The summed E-state index contributed by atoms with van der Waals surface area (Å²) in [7, 11) is 3.60. The Morgan fingerprint density at radius 2 is 1.77 bits per heavy atom. The van der Waals surface area contributed by atoms with E-state index in [0.29, 0.717) is 19.6 Å². The van der Waals surface area contributed by atoms with Gasteiger partial charge in [-0.05, 0) is 57.6 Å². The van der Waals surface area contributed by atoms with Gasteiger partial charge >= 0.3 is 0 Å². The zero-order valence-corrected chi connectivity index (χ0v) is 18.3. The lowest BCUT2D eigenvalue weighted by molar-refractivity contribution is 0.0942. The van der Waals surface area contributed by atoms with Gasteiger partial charge in [0.05, 0.1) is 13.7 Å². The molecule has 1 aromatic heterocycles. The van der Waals surface area contributed by atoms with Crippen LogP contribution in [0, 0.1) is 26.6 Å². The van der Waals surface area contributed by atoms with Crippen LogP contribution in [0.2, 0.25) is 0 Å². The van der Waals surface area contributed by atoms with Crippen LogP contribution in [0.1, 0.15) is 38.4 Å². The first-order valence-corrected chi connectivity index (χ1v) is 10.0. The summed E-state index contributed by atoms with van der Waals surface area (Å²) in [6, 6.07) is 14.5. The minimum absolute atomic E-state index is 0.0857. The maximum absolute atomic E-state index is 13.2. The number of ether oxygens (including phenoxy) is 1. The smallest absolute Gasteiger partial charge is 0.178 e. The van der Waals surface area contributed by atoms with E-state index in [1.165, 1.54) is 12.1 Å². The number of benzene rings is 2. The van der Waals surface area contributed by atoms with Crippen LogP contribution in [0.3, 0.4) is 0 Å². The number of carbonyl (C=O) groups excluding carboxylic acids is 1. The molecule has 0 bridgehead atoms. The standard InChI is InChI=1S/C25H29FN2O2/c1-17-6-11-25(30-5)21(12-17)15-27(4)16-24(29)23-13-18(2)28(19(23)3)14-20-7-9-22(26)10-8-20/h6-13H,14-16H2,1-5H3. The minimum atomic E-state index is -0.246. The first kappa shape index (κ1) is 21.8. The maximum atomic E-state index is 13.2. The molecule has 0 saturated heterocycles. The molecule has 1 heterocycles. The molecule has 3 aromatic rings. The predicted molar refractivity (Wildman–Crippen MR) is 118 cm³/mol. The molecule has 4 nitrogen and oxygen atoms in total. The van der Waals surface area contributed by atoms with E-state index >= 15 is 0 Å². The van der Waals surface area contributed by atoms with E-state index in [1.54, 1.807) is 19.2 Å². The molecule has 0 aliphatic rings. The minimum Gasteiger partial charge on any atom is -0.496 e. The van der Waals surface area contributed by atoms with Gasteiger partial charge in [-0.3, -0.25) is 9.69 Å². The first-order valence-electron chi connectivity index (χ1n) is 10.0. The Balaban J connectivity index is 1.72. The SMILES string of the molecule is COc1ccc(C)cc1CN(C)CC(=O)c1cc(C)n(Cc2ccc(F)cc2)c1C. The van der Waals surface area contributed by atoms with Crippen LogP contribution < -0.4 is 4.74 Å². The van der Waals surface area contributed by atoms with Crippen molar-refractivity contribution in [3.8, 4) is 5.75 Å². The van der Waals surface area contributed by atoms with Gasteiger partial charge in [0, 0.05) is 35.6 Å². The maximum Gasteiger partial charge on any atom is 0.178 e. The fourth-order valence-corrected chi connectivity index (χ4v) is 3.81. The molecule has 2 aromatic carbocycles. The van der Waals surface area contributed by atoms with E-state index in [1.807, 2.05) is 50.9 Å². The van der Waals surface area contributed by atoms with E-state index in [9.17, 15) is 9.18 Å². The molecule has 0 saturated carbocycles. The van der Waals surface area contributed by atoms with Crippen molar-refractivity contribution in [3.05, 3.63) is 88.0 Å². The van der Waals surface area contributed by atoms with Crippen LogP contribution >= 0.6 is 0 Å². The van der Waals surface area contributed by atoms with E-state index in [4.69, 9.17) is 4.74 Å². The van der Waals surface area contributed by atoms with Crippen molar-refractivity contribution in [1.82, 2.24) is 9.47 Å². The van der Waals surface area contributed by atoms with Gasteiger partial charge in [0.1, 0.15) is 11.6 Å². The van der Waals surface area contributed by atoms with E-state index < -0.39 is 0 Å². The van der Waals surface area contributed by atoms with Crippen molar-refractivity contribution in [2.45, 2.75) is 33.9 Å². The van der Waals surface area contributed by atoms with Crippen molar-refractivity contribution in [2.24, 2.45) is 0 Å². The number of halogens is 1. The van der Waals surface area contributed by atoms with Crippen LogP contribution in [-0.2, 0) is 13.1 Å². The third-order valence-corrected chi connectivity index (χ3v) is 5.42. The number of Topliss-reactive ketones (excluding diaryl/α,β-unsaturated/α-hetero) is 1. The second-order valence-corrected chi connectivity index (χ2v) is 7.91. The van der Waals surface area contributed by atoms with Crippen LogP contribution in [0.15, 0.2) is 48.5 Å². The normalized spacial score (nSPS) is 11.2. The Labute approximate surface area is 177 Å². The third kappa shape index (κ3) is 4.97. The summed E-state index contributed by atoms with van der Waals surface area (Å²) in [5.41, 5.74) is 5.91. The molecule has 0 aliphatic carbocycles. The average molecular weight is 409 g/mol. The van der Waals surface area contributed by atoms with Crippen molar-refractivity contribution >= 4 is 5.78 Å². The molecule has 158 valence electrons. The first-order chi connectivity index (χ1) is 14.3. The topological polar surface area (TPSA) is 34.5 Å². The molecule has 0 amide bonds. The van der Waals surface area contributed by atoms with E-state index in [2.05, 4.69) is 10.6 Å². The fourth-order valence-electron chi connectivity index (χ4n) is 3.81. The van der Waals surface area contributed by atoms with Gasteiger partial charge in [0.2, 0.25) is 0 Å². The molecule has 0 fully saturated rings. The summed E-state index contributed by atoms with van der Waals surface area (Å²) in [5, 5.41) is 0. The molecule has 0 spiro atoms. The highest BCUT2D eigenvalue weighted by Gasteiger charge is 2.18. The summed E-state index contributed by atoms with van der Waals surface area (Å²) in [5.74, 6) is 0.670. The van der Waals surface area contributed by atoms with Gasteiger partial charge in [0.25, 0.3) is 0 Å². The summed E-state index contributed by atoms with van der Waals surface area (Å²) >= 11 is 0. The Morgan fingerprint density at radius 3 is 2.43 bits per heavy atom. The molecule has 0 N–H and O–H groups in total. The highest BCUT2D eigenvalue weighted by molar-refractivity contribution is 5.99. The number of nitrogens with zero attached hydrogens (tertiary/aromatic N) is 2. The summed E-state index contributed by atoms with van der Waals surface area (Å²) in [6.07, 6.45) is 0. The van der Waals surface area contributed by atoms with Gasteiger partial charge in [0.15, 0.2) is 5.78 Å². The lowest BCUT2D eigenvalue weighted by Crippen LogP contribution is -2.26. The Kier molecular flexibility index (Phi) is 6.73. The molecule has 0 unspecified atom stereocenters. The van der Waals surface area contributed by atoms with E-state index in [0.717, 1.165) is 39.4 Å². The molecule has 30 heavy (non-hydrogen) atoms. The Morgan fingerprint density at radius 1 is 1.07 bits per heavy atom. The van der Waals surface area contributed by atoms with Crippen LogP contribution in [0.25, 0.3) is 0 Å². The molecule has 0 atom stereocenters. The number of likely N-dealkylation sites (N-methyl/N-ethyl adjacent to an activating group) is 1. The van der Waals surface area contributed by atoms with Crippen molar-refractivity contribution < 1.29 is 13.9 Å². The highest BCUT2D eigenvalue weighted by atomic mass is 19.1. The number of aryl methyl sites for hydroxylation is 2. The lowest BCUT2D eigenvalue weighted by atomic mass is 10.1. The number of methoxy groups -OCH3 is 1. The number of hydrogen-bond donors (Lipinski definition) is 0. The zero-order valence-electron chi connectivity index (χ0n) is 18.3. The van der Waals surface area contributed by atoms with E-state index in [-0.39, 0.29) is 11.6 Å². The summed E-state index contributed by atoms with van der Waals surface area (Å²) in [6.45, 7) is 7.57. The Hall–Kier alpha value is -2.92. The number of rotatable bonds is 8. The molecular weight excluding hydrogens is 379 g/mol. The monoisotopic (exact) mass is 408 g/mol. The van der Waals surface area contributed by atoms with Crippen molar-refractivity contribution in [3.63, 3.8) is 0 Å². The number of ketones is 1. The summed E-state index contributed by atoms with van der Waals surface area (Å²) < 4.78 is 20.7. The fraction of sp³-hybridized carbons (Fsp3) is 0.320. The number of hydrogen-bond acceptors (Lipinski definition) is 3. The largest absolute Gasteiger partial charge is 0.496 e. The highest BCUT2D eigenvalue weighted by Crippen LogP contribution is 2.22. The second-order valence-electron chi connectivity index (χ2n) is 7.91. The van der Waals surface area contributed by atoms with Gasteiger partial charge in [-0.1, -0.05) is 29.8 Å². The third-order valence-electron chi connectivity index (χ3n) is 5.42. The molecular formula is C25H29FN2O2. The molecule has 3 rings (SSSR count). The van der Waals surface area contributed by atoms with Gasteiger partial charge in [-0.25, -0.2) is 4.39 Å².